The number of thioether (sulfide) groups is 1. The number of fused-ring (bicyclic) bond motifs is 1. The summed E-state index contributed by atoms with van der Waals surface area (Å²) in [4.78, 5) is 4.79. The Labute approximate surface area is 118 Å². The second kappa shape index (κ2) is 5.08. The second-order valence-electron chi connectivity index (χ2n) is 5.62. The van der Waals surface area contributed by atoms with Crippen molar-refractivity contribution >= 4 is 28.5 Å². The molecule has 2 heterocycles. The molecule has 1 atom stereocenters. The first kappa shape index (κ1) is 12.9. The molecule has 3 rings (SSSR count). The first-order valence-electron chi connectivity index (χ1n) is 7.02. The third-order valence-corrected chi connectivity index (χ3v) is 5.11. The summed E-state index contributed by atoms with van der Waals surface area (Å²) in [5, 5.41) is 0.743. The number of nitrogens with zero attached hydrogens (tertiary/aromatic N) is 2. The monoisotopic (exact) mass is 275 g/mol. The highest BCUT2D eigenvalue weighted by molar-refractivity contribution is 8.00. The third kappa shape index (κ3) is 2.46. The highest BCUT2D eigenvalue weighted by atomic mass is 32.2. The van der Waals surface area contributed by atoms with E-state index >= 15 is 0 Å². The van der Waals surface area contributed by atoms with Crippen LogP contribution in [-0.2, 0) is 6.54 Å². The second-order valence-corrected chi connectivity index (χ2v) is 7.03. The minimum Gasteiger partial charge on any atom is -0.399 e. The van der Waals surface area contributed by atoms with Crippen LogP contribution in [0.25, 0.3) is 11.0 Å². The van der Waals surface area contributed by atoms with E-state index < -0.39 is 0 Å². The van der Waals surface area contributed by atoms with Crippen molar-refractivity contribution < 1.29 is 0 Å². The number of aromatic nitrogens is 2. The average molecular weight is 275 g/mol. The molecule has 1 aromatic heterocycles. The molecular formula is C15H21N3S. The van der Waals surface area contributed by atoms with Gasteiger partial charge in [0.15, 0.2) is 0 Å². The third-order valence-electron chi connectivity index (χ3n) is 3.73. The molecule has 1 fully saturated rings. The fourth-order valence-electron chi connectivity index (χ4n) is 2.79. The van der Waals surface area contributed by atoms with Gasteiger partial charge in [-0.15, -0.1) is 0 Å². The Morgan fingerprint density at radius 3 is 3.00 bits per heavy atom. The molecule has 0 bridgehead atoms. The van der Waals surface area contributed by atoms with Gasteiger partial charge in [-0.25, -0.2) is 4.98 Å². The highest BCUT2D eigenvalue weighted by Crippen LogP contribution is 2.31. The van der Waals surface area contributed by atoms with E-state index in [0.717, 1.165) is 23.0 Å². The van der Waals surface area contributed by atoms with Crippen LogP contribution < -0.4 is 5.73 Å². The van der Waals surface area contributed by atoms with Crippen molar-refractivity contribution in [3.63, 3.8) is 0 Å². The number of hydrogen-bond acceptors (Lipinski definition) is 3. The van der Waals surface area contributed by atoms with Crippen LogP contribution in [0.2, 0.25) is 0 Å². The van der Waals surface area contributed by atoms with Crippen LogP contribution in [0.4, 0.5) is 5.69 Å². The summed E-state index contributed by atoms with van der Waals surface area (Å²) < 4.78 is 2.41. The summed E-state index contributed by atoms with van der Waals surface area (Å²) in [6.45, 7) is 5.50. The molecule has 1 aliphatic rings. The average Bonchev–Trinajstić information content (AvgIpc) is 2.97. The minimum atomic E-state index is 0.444. The number of rotatable bonds is 3. The quantitative estimate of drug-likeness (QED) is 0.870. The molecule has 2 N–H and O–H groups in total. The van der Waals surface area contributed by atoms with Crippen molar-refractivity contribution in [3.8, 4) is 0 Å². The van der Waals surface area contributed by atoms with Crippen LogP contribution in [0.15, 0.2) is 18.2 Å². The van der Waals surface area contributed by atoms with E-state index in [1.165, 1.54) is 29.9 Å². The molecule has 102 valence electrons. The van der Waals surface area contributed by atoms with Crippen LogP contribution >= 0.6 is 11.8 Å². The molecule has 1 aliphatic heterocycles. The summed E-state index contributed by atoms with van der Waals surface area (Å²) in [7, 11) is 0. The van der Waals surface area contributed by atoms with E-state index in [9.17, 15) is 0 Å². The van der Waals surface area contributed by atoms with Gasteiger partial charge in [0.2, 0.25) is 0 Å². The summed E-state index contributed by atoms with van der Waals surface area (Å²) in [5.74, 6) is 2.94. The Kier molecular flexibility index (Phi) is 3.44. The lowest BCUT2D eigenvalue weighted by Crippen LogP contribution is -2.13. The molecule has 2 aromatic rings. The standard InChI is InChI=1S/C15H21N3S/c1-10(2)15-17-13-8-11(16)5-6-14(13)18(15)9-12-4-3-7-19-12/h5-6,8,10,12H,3-4,7,9,16H2,1-2H3. The maximum atomic E-state index is 5.87. The predicted octanol–water partition coefficient (Wildman–Crippen LogP) is 3.64. The fourth-order valence-corrected chi connectivity index (χ4v) is 4.04. The maximum absolute atomic E-state index is 5.87. The number of anilines is 1. The van der Waals surface area contributed by atoms with Gasteiger partial charge in [0, 0.05) is 23.4 Å². The minimum absolute atomic E-state index is 0.444. The van der Waals surface area contributed by atoms with E-state index in [2.05, 4.69) is 36.2 Å². The molecule has 0 spiro atoms. The lowest BCUT2D eigenvalue weighted by Gasteiger charge is -2.15. The van der Waals surface area contributed by atoms with Gasteiger partial charge in [-0.1, -0.05) is 13.8 Å². The lowest BCUT2D eigenvalue weighted by molar-refractivity contribution is 0.602. The first-order valence-corrected chi connectivity index (χ1v) is 8.07. The van der Waals surface area contributed by atoms with Gasteiger partial charge in [-0.05, 0) is 36.8 Å². The van der Waals surface area contributed by atoms with E-state index in [1.54, 1.807) is 0 Å². The zero-order valence-corrected chi connectivity index (χ0v) is 12.4. The molecule has 0 aliphatic carbocycles. The predicted molar refractivity (Wildman–Crippen MR) is 83.7 cm³/mol. The molecule has 0 amide bonds. The van der Waals surface area contributed by atoms with Gasteiger partial charge < -0.3 is 10.3 Å². The number of imidazole rings is 1. The molecule has 19 heavy (non-hydrogen) atoms. The normalized spacial score (nSPS) is 19.6. The van der Waals surface area contributed by atoms with Crippen molar-refractivity contribution in [2.75, 3.05) is 11.5 Å². The summed E-state index contributed by atoms with van der Waals surface area (Å²) in [5.41, 5.74) is 8.92. The van der Waals surface area contributed by atoms with Crippen LogP contribution in [0, 0.1) is 0 Å². The van der Waals surface area contributed by atoms with E-state index in [-0.39, 0.29) is 0 Å². The van der Waals surface area contributed by atoms with E-state index in [4.69, 9.17) is 10.7 Å². The smallest absolute Gasteiger partial charge is 0.112 e. The molecule has 0 saturated carbocycles. The van der Waals surface area contributed by atoms with Crippen molar-refractivity contribution in [2.24, 2.45) is 0 Å². The van der Waals surface area contributed by atoms with Crippen molar-refractivity contribution in [3.05, 3.63) is 24.0 Å². The zero-order valence-electron chi connectivity index (χ0n) is 11.6. The Balaban J connectivity index is 2.05. The Morgan fingerprint density at radius 1 is 1.47 bits per heavy atom. The number of nitrogens with two attached hydrogens (primary N) is 1. The van der Waals surface area contributed by atoms with Gasteiger partial charge in [0.25, 0.3) is 0 Å². The highest BCUT2D eigenvalue weighted by Gasteiger charge is 2.20. The van der Waals surface area contributed by atoms with Crippen LogP contribution in [0.1, 0.15) is 38.4 Å². The molecular weight excluding hydrogens is 254 g/mol. The molecule has 4 heteroatoms. The van der Waals surface area contributed by atoms with Crippen molar-refractivity contribution in [2.45, 2.75) is 44.4 Å². The molecule has 1 saturated heterocycles. The molecule has 0 radical (unpaired) electrons. The number of benzene rings is 1. The van der Waals surface area contributed by atoms with E-state index in [0.29, 0.717) is 5.92 Å². The van der Waals surface area contributed by atoms with Crippen LogP contribution in [0.3, 0.4) is 0 Å². The fraction of sp³-hybridized carbons (Fsp3) is 0.533. The van der Waals surface area contributed by atoms with Crippen molar-refractivity contribution in [1.29, 1.82) is 0 Å². The largest absolute Gasteiger partial charge is 0.399 e. The van der Waals surface area contributed by atoms with Gasteiger partial charge in [-0.3, -0.25) is 0 Å². The van der Waals surface area contributed by atoms with Crippen molar-refractivity contribution in [1.82, 2.24) is 9.55 Å². The lowest BCUT2D eigenvalue weighted by atomic mass is 10.2. The zero-order chi connectivity index (χ0) is 13.4. The summed E-state index contributed by atoms with van der Waals surface area (Å²) in [6.07, 6.45) is 2.68. The van der Waals surface area contributed by atoms with Gasteiger partial charge in [0.05, 0.1) is 11.0 Å². The Bertz CT molecular complexity index is 582. The summed E-state index contributed by atoms with van der Waals surface area (Å²) >= 11 is 2.10. The molecule has 1 unspecified atom stereocenters. The van der Waals surface area contributed by atoms with Gasteiger partial charge in [-0.2, -0.15) is 11.8 Å². The number of nitrogen functional groups attached to an aromatic ring is 1. The first-order chi connectivity index (χ1) is 9.15. The van der Waals surface area contributed by atoms with Gasteiger partial charge in [0.1, 0.15) is 5.82 Å². The van der Waals surface area contributed by atoms with E-state index in [1.807, 2.05) is 12.1 Å². The summed E-state index contributed by atoms with van der Waals surface area (Å²) in [6, 6.07) is 6.08. The van der Waals surface area contributed by atoms with Crippen LogP contribution in [0.5, 0.6) is 0 Å². The maximum Gasteiger partial charge on any atom is 0.112 e. The van der Waals surface area contributed by atoms with Gasteiger partial charge >= 0.3 is 0 Å². The van der Waals surface area contributed by atoms with Crippen LogP contribution in [-0.4, -0.2) is 20.6 Å². The SMILES string of the molecule is CC(C)c1nc2cc(N)ccc2n1CC1CCCS1. The molecule has 1 aromatic carbocycles. The number of hydrogen-bond donors (Lipinski definition) is 1. The Hall–Kier alpha value is -1.16. The molecule has 3 nitrogen and oxygen atoms in total. The topological polar surface area (TPSA) is 43.8 Å². The Morgan fingerprint density at radius 2 is 2.32 bits per heavy atom.